The van der Waals surface area contributed by atoms with E-state index in [1.165, 1.54) is 0 Å². The molecule has 3 nitrogen and oxygen atoms in total. The van der Waals surface area contributed by atoms with Crippen LogP contribution < -0.4 is 5.73 Å². The summed E-state index contributed by atoms with van der Waals surface area (Å²) in [5.74, 6) is 1.05. The summed E-state index contributed by atoms with van der Waals surface area (Å²) in [5, 5.41) is 5.29. The van der Waals surface area contributed by atoms with Crippen LogP contribution in [-0.4, -0.2) is 9.78 Å². The van der Waals surface area contributed by atoms with E-state index in [-0.39, 0.29) is 0 Å². The van der Waals surface area contributed by atoms with Crippen molar-refractivity contribution in [1.82, 2.24) is 9.78 Å². The van der Waals surface area contributed by atoms with Crippen molar-refractivity contribution < 1.29 is 0 Å². The van der Waals surface area contributed by atoms with Crippen molar-refractivity contribution in [3.63, 3.8) is 0 Å². The SMILES string of the molecule is CCCC(C)c1nn(C)c(N)c1-c1ccccc1Cl. The number of aryl methyl sites for hydroxylation is 1. The molecule has 102 valence electrons. The summed E-state index contributed by atoms with van der Waals surface area (Å²) in [5.41, 5.74) is 9.16. The molecule has 2 rings (SSSR count). The van der Waals surface area contributed by atoms with Gasteiger partial charge in [-0.1, -0.05) is 50.1 Å². The second-order valence-corrected chi connectivity index (χ2v) is 5.35. The molecule has 0 radical (unpaired) electrons. The van der Waals surface area contributed by atoms with Crippen LogP contribution in [0, 0.1) is 0 Å². The van der Waals surface area contributed by atoms with E-state index in [0.29, 0.717) is 16.8 Å². The van der Waals surface area contributed by atoms with Gasteiger partial charge >= 0.3 is 0 Å². The minimum Gasteiger partial charge on any atom is -0.383 e. The van der Waals surface area contributed by atoms with Crippen molar-refractivity contribution in [2.45, 2.75) is 32.6 Å². The first-order valence-electron chi connectivity index (χ1n) is 6.63. The number of nitrogen functional groups attached to an aromatic ring is 1. The lowest BCUT2D eigenvalue weighted by Gasteiger charge is -2.11. The van der Waals surface area contributed by atoms with Crippen LogP contribution in [0.25, 0.3) is 11.1 Å². The van der Waals surface area contributed by atoms with Gasteiger partial charge < -0.3 is 5.73 Å². The number of rotatable bonds is 4. The Bertz CT molecular complexity index is 575. The quantitative estimate of drug-likeness (QED) is 0.909. The van der Waals surface area contributed by atoms with Gasteiger partial charge in [0.05, 0.1) is 5.69 Å². The first kappa shape index (κ1) is 13.9. The largest absolute Gasteiger partial charge is 0.383 e. The molecule has 1 heterocycles. The molecule has 0 saturated heterocycles. The summed E-state index contributed by atoms with van der Waals surface area (Å²) in [4.78, 5) is 0. The highest BCUT2D eigenvalue weighted by molar-refractivity contribution is 6.33. The molecular formula is C15H20ClN3. The first-order valence-corrected chi connectivity index (χ1v) is 7.01. The molecule has 0 aliphatic heterocycles. The smallest absolute Gasteiger partial charge is 0.129 e. The van der Waals surface area contributed by atoms with Crippen molar-refractivity contribution in [2.75, 3.05) is 5.73 Å². The van der Waals surface area contributed by atoms with Crippen LogP contribution in [-0.2, 0) is 7.05 Å². The van der Waals surface area contributed by atoms with Crippen molar-refractivity contribution in [3.05, 3.63) is 35.0 Å². The van der Waals surface area contributed by atoms with Gasteiger partial charge in [0.1, 0.15) is 5.82 Å². The zero-order valence-corrected chi connectivity index (χ0v) is 12.4. The molecule has 1 aromatic heterocycles. The topological polar surface area (TPSA) is 43.8 Å². The summed E-state index contributed by atoms with van der Waals surface area (Å²) >= 11 is 6.30. The number of nitrogens with zero attached hydrogens (tertiary/aromatic N) is 2. The van der Waals surface area contributed by atoms with Gasteiger partial charge in [-0.05, 0) is 12.5 Å². The van der Waals surface area contributed by atoms with Gasteiger partial charge in [-0.2, -0.15) is 5.10 Å². The van der Waals surface area contributed by atoms with Crippen LogP contribution in [0.4, 0.5) is 5.82 Å². The van der Waals surface area contributed by atoms with Crippen molar-refractivity contribution in [1.29, 1.82) is 0 Å². The van der Waals surface area contributed by atoms with Gasteiger partial charge in [-0.25, -0.2) is 0 Å². The molecule has 0 saturated carbocycles. The Balaban J connectivity index is 2.59. The molecule has 0 amide bonds. The summed E-state index contributed by atoms with van der Waals surface area (Å²) in [6, 6.07) is 7.78. The maximum atomic E-state index is 6.30. The van der Waals surface area contributed by atoms with Crippen LogP contribution in [0.5, 0.6) is 0 Å². The van der Waals surface area contributed by atoms with Crippen LogP contribution in [0.3, 0.4) is 0 Å². The Morgan fingerprint density at radius 2 is 2.05 bits per heavy atom. The van der Waals surface area contributed by atoms with Gasteiger partial charge in [0.2, 0.25) is 0 Å². The monoisotopic (exact) mass is 277 g/mol. The van der Waals surface area contributed by atoms with Gasteiger partial charge in [0.15, 0.2) is 0 Å². The number of halogens is 1. The Kier molecular flexibility index (Phi) is 4.15. The van der Waals surface area contributed by atoms with Crippen molar-refractivity contribution >= 4 is 17.4 Å². The van der Waals surface area contributed by atoms with Gasteiger partial charge in [-0.15, -0.1) is 0 Å². The van der Waals surface area contributed by atoms with Crippen LogP contribution in [0.1, 0.15) is 38.3 Å². The second kappa shape index (κ2) is 5.66. The second-order valence-electron chi connectivity index (χ2n) is 4.94. The first-order chi connectivity index (χ1) is 9.06. The lowest BCUT2D eigenvalue weighted by atomic mass is 9.95. The standard InChI is InChI=1S/C15H20ClN3/c1-4-7-10(2)14-13(15(17)19(3)18-14)11-8-5-6-9-12(11)16/h5-6,8-10H,4,7,17H2,1-3H3. The number of anilines is 1. The minimum absolute atomic E-state index is 0.375. The van der Waals surface area contributed by atoms with Crippen LogP contribution in [0.2, 0.25) is 5.02 Å². The Morgan fingerprint density at radius 3 is 2.68 bits per heavy atom. The molecule has 4 heteroatoms. The molecule has 1 aromatic carbocycles. The molecule has 0 bridgehead atoms. The molecule has 0 aliphatic carbocycles. The predicted octanol–water partition coefficient (Wildman–Crippen LogP) is 4.23. The maximum absolute atomic E-state index is 6.30. The van der Waals surface area contributed by atoms with E-state index in [1.807, 2.05) is 31.3 Å². The molecular weight excluding hydrogens is 258 g/mol. The highest BCUT2D eigenvalue weighted by Crippen LogP contribution is 2.38. The summed E-state index contributed by atoms with van der Waals surface area (Å²) in [7, 11) is 1.87. The molecule has 2 aromatic rings. The predicted molar refractivity (Wildman–Crippen MR) is 81.4 cm³/mol. The van der Waals surface area contributed by atoms with E-state index >= 15 is 0 Å². The van der Waals surface area contributed by atoms with Gasteiger partial charge in [-0.3, -0.25) is 4.68 Å². The van der Waals surface area contributed by atoms with E-state index in [0.717, 1.165) is 29.7 Å². The fraction of sp³-hybridized carbons (Fsp3) is 0.400. The average Bonchev–Trinajstić information content (AvgIpc) is 2.67. The zero-order chi connectivity index (χ0) is 14.0. The lowest BCUT2D eigenvalue weighted by molar-refractivity contribution is 0.627. The number of aromatic nitrogens is 2. The van der Waals surface area contributed by atoms with Gasteiger partial charge in [0, 0.05) is 29.1 Å². The molecule has 0 spiro atoms. The molecule has 0 fully saturated rings. The van der Waals surface area contributed by atoms with E-state index in [1.54, 1.807) is 4.68 Å². The zero-order valence-electron chi connectivity index (χ0n) is 11.7. The summed E-state index contributed by atoms with van der Waals surface area (Å²) in [6.07, 6.45) is 2.22. The fourth-order valence-electron chi connectivity index (χ4n) is 2.41. The fourth-order valence-corrected chi connectivity index (χ4v) is 2.64. The third-order valence-electron chi connectivity index (χ3n) is 3.45. The van der Waals surface area contributed by atoms with E-state index < -0.39 is 0 Å². The highest BCUT2D eigenvalue weighted by Gasteiger charge is 2.21. The molecule has 1 atom stereocenters. The number of benzene rings is 1. The third-order valence-corrected chi connectivity index (χ3v) is 3.78. The van der Waals surface area contributed by atoms with Crippen molar-refractivity contribution in [2.24, 2.45) is 7.05 Å². The van der Waals surface area contributed by atoms with E-state index in [9.17, 15) is 0 Å². The van der Waals surface area contributed by atoms with E-state index in [2.05, 4.69) is 18.9 Å². The molecule has 0 aliphatic rings. The molecule has 19 heavy (non-hydrogen) atoms. The minimum atomic E-state index is 0.375. The highest BCUT2D eigenvalue weighted by atomic mass is 35.5. The number of hydrogen-bond acceptors (Lipinski definition) is 2. The average molecular weight is 278 g/mol. The summed E-state index contributed by atoms with van der Waals surface area (Å²) < 4.78 is 1.74. The Labute approximate surface area is 119 Å². The molecule has 1 unspecified atom stereocenters. The maximum Gasteiger partial charge on any atom is 0.129 e. The Morgan fingerprint density at radius 1 is 1.37 bits per heavy atom. The number of hydrogen-bond donors (Lipinski definition) is 1. The lowest BCUT2D eigenvalue weighted by Crippen LogP contribution is -1.98. The van der Waals surface area contributed by atoms with Crippen LogP contribution in [0.15, 0.2) is 24.3 Å². The van der Waals surface area contributed by atoms with Crippen molar-refractivity contribution in [3.8, 4) is 11.1 Å². The Hall–Kier alpha value is -1.48. The third kappa shape index (κ3) is 2.61. The van der Waals surface area contributed by atoms with Crippen LogP contribution >= 0.6 is 11.6 Å². The van der Waals surface area contributed by atoms with E-state index in [4.69, 9.17) is 17.3 Å². The summed E-state index contributed by atoms with van der Waals surface area (Å²) in [6.45, 7) is 4.36. The molecule has 2 N–H and O–H groups in total. The number of nitrogens with two attached hydrogens (primary N) is 1. The van der Waals surface area contributed by atoms with Gasteiger partial charge in [0.25, 0.3) is 0 Å². The normalized spacial score (nSPS) is 12.6.